The minimum Gasteiger partial charge on any atom is -0.314 e. The van der Waals surface area contributed by atoms with Crippen LogP contribution in [0, 0.1) is 0 Å². The van der Waals surface area contributed by atoms with E-state index < -0.39 is 0 Å². The zero-order chi connectivity index (χ0) is 11.1. The van der Waals surface area contributed by atoms with E-state index in [1.54, 1.807) is 11.8 Å². The Kier molecular flexibility index (Phi) is 8.81. The van der Waals surface area contributed by atoms with Gasteiger partial charge in [-0.05, 0) is 50.3 Å². The summed E-state index contributed by atoms with van der Waals surface area (Å²) in [6, 6.07) is 9.44. The highest BCUT2D eigenvalue weighted by molar-refractivity contribution is 7.98. The van der Waals surface area contributed by atoms with Gasteiger partial charge in [-0.25, -0.2) is 0 Å². The minimum atomic E-state index is 0. The van der Waals surface area contributed by atoms with Gasteiger partial charge in [0.2, 0.25) is 0 Å². The first kappa shape index (κ1) is 15.8. The molecule has 0 bridgehead atoms. The number of halogens is 1. The summed E-state index contributed by atoms with van der Waals surface area (Å²) in [6.07, 6.45) is 4.44. The molecule has 0 saturated heterocycles. The summed E-state index contributed by atoms with van der Waals surface area (Å²) in [5.41, 5.74) is 1.42. The molecule has 1 aromatic rings. The molecule has 92 valence electrons. The van der Waals surface area contributed by atoms with Crippen LogP contribution in [-0.2, 0) is 6.42 Å². The van der Waals surface area contributed by atoms with Crippen molar-refractivity contribution in [2.24, 2.45) is 0 Å². The normalized spacial score (nSPS) is 11.9. The maximum absolute atomic E-state index is 3.50. The topological polar surface area (TPSA) is 12.0 Å². The fraction of sp³-hybridized carbons (Fsp3) is 0.538. The lowest BCUT2D eigenvalue weighted by molar-refractivity contribution is 0.543. The largest absolute Gasteiger partial charge is 0.314 e. The molecule has 1 N–H and O–H groups in total. The second kappa shape index (κ2) is 8.91. The number of hydrogen-bond acceptors (Lipinski definition) is 2. The third kappa shape index (κ3) is 5.78. The standard InChI is InChI=1S/C13H21NS.ClH/c1-4-9-14-11(2)10-12-5-7-13(15-3)8-6-12;/h5-8,11,14H,4,9-10H2,1-3H3;1H. The van der Waals surface area contributed by atoms with Gasteiger partial charge in [-0.15, -0.1) is 24.2 Å². The molecule has 0 spiro atoms. The van der Waals surface area contributed by atoms with Crippen LogP contribution < -0.4 is 5.32 Å². The zero-order valence-electron chi connectivity index (χ0n) is 10.3. The van der Waals surface area contributed by atoms with Crippen LogP contribution in [0.1, 0.15) is 25.8 Å². The average Bonchev–Trinajstić information content (AvgIpc) is 2.27. The molecule has 0 aliphatic carbocycles. The van der Waals surface area contributed by atoms with Crippen molar-refractivity contribution in [1.29, 1.82) is 0 Å². The predicted octanol–water partition coefficient (Wildman–Crippen LogP) is 3.76. The molecule has 1 unspecified atom stereocenters. The van der Waals surface area contributed by atoms with Crippen molar-refractivity contribution in [3.63, 3.8) is 0 Å². The summed E-state index contributed by atoms with van der Waals surface area (Å²) < 4.78 is 0. The monoisotopic (exact) mass is 259 g/mol. The maximum Gasteiger partial charge on any atom is 0.00791 e. The van der Waals surface area contributed by atoms with E-state index in [2.05, 4.69) is 49.7 Å². The Morgan fingerprint density at radius 1 is 1.25 bits per heavy atom. The van der Waals surface area contributed by atoms with E-state index in [4.69, 9.17) is 0 Å². The molecule has 0 aliphatic heterocycles. The molecule has 0 fully saturated rings. The Hall–Kier alpha value is -0.180. The van der Waals surface area contributed by atoms with Crippen molar-refractivity contribution in [3.05, 3.63) is 29.8 Å². The van der Waals surface area contributed by atoms with E-state index in [0.29, 0.717) is 6.04 Å². The first-order chi connectivity index (χ1) is 7.26. The molecule has 0 heterocycles. The molecule has 0 saturated carbocycles. The molecule has 0 radical (unpaired) electrons. The highest BCUT2D eigenvalue weighted by atomic mass is 35.5. The van der Waals surface area contributed by atoms with E-state index in [1.165, 1.54) is 16.9 Å². The van der Waals surface area contributed by atoms with Gasteiger partial charge in [0.15, 0.2) is 0 Å². The van der Waals surface area contributed by atoms with Crippen molar-refractivity contribution < 1.29 is 0 Å². The quantitative estimate of drug-likeness (QED) is 0.781. The molecule has 0 aromatic heterocycles. The van der Waals surface area contributed by atoms with Crippen LogP contribution in [0.4, 0.5) is 0 Å². The second-order valence-corrected chi connectivity index (χ2v) is 4.79. The van der Waals surface area contributed by atoms with Crippen molar-refractivity contribution in [2.45, 2.75) is 37.6 Å². The predicted molar refractivity (Wildman–Crippen MR) is 76.9 cm³/mol. The lowest BCUT2D eigenvalue weighted by Crippen LogP contribution is -2.28. The summed E-state index contributed by atoms with van der Waals surface area (Å²) in [5.74, 6) is 0. The van der Waals surface area contributed by atoms with Crippen LogP contribution in [0.15, 0.2) is 29.2 Å². The first-order valence-corrected chi connectivity index (χ1v) is 6.85. The summed E-state index contributed by atoms with van der Waals surface area (Å²) in [4.78, 5) is 1.34. The van der Waals surface area contributed by atoms with Crippen LogP contribution >= 0.6 is 24.2 Å². The van der Waals surface area contributed by atoms with Crippen molar-refractivity contribution in [1.82, 2.24) is 5.32 Å². The van der Waals surface area contributed by atoms with Crippen molar-refractivity contribution >= 4 is 24.2 Å². The number of hydrogen-bond donors (Lipinski definition) is 1. The van der Waals surface area contributed by atoms with Crippen LogP contribution in [0.2, 0.25) is 0 Å². The lowest BCUT2D eigenvalue weighted by atomic mass is 10.1. The smallest absolute Gasteiger partial charge is 0.00791 e. The zero-order valence-corrected chi connectivity index (χ0v) is 12.0. The van der Waals surface area contributed by atoms with Gasteiger partial charge >= 0.3 is 0 Å². The van der Waals surface area contributed by atoms with Gasteiger partial charge in [0.05, 0.1) is 0 Å². The Morgan fingerprint density at radius 3 is 2.38 bits per heavy atom. The van der Waals surface area contributed by atoms with Gasteiger partial charge in [-0.3, -0.25) is 0 Å². The fourth-order valence-electron chi connectivity index (χ4n) is 1.58. The van der Waals surface area contributed by atoms with E-state index in [1.807, 2.05) is 0 Å². The van der Waals surface area contributed by atoms with Crippen LogP contribution in [0.3, 0.4) is 0 Å². The van der Waals surface area contributed by atoms with Gasteiger partial charge < -0.3 is 5.32 Å². The summed E-state index contributed by atoms with van der Waals surface area (Å²) >= 11 is 1.79. The third-order valence-electron chi connectivity index (χ3n) is 2.44. The van der Waals surface area contributed by atoms with E-state index >= 15 is 0 Å². The molecular formula is C13H22ClNS. The third-order valence-corrected chi connectivity index (χ3v) is 3.19. The maximum atomic E-state index is 3.50. The van der Waals surface area contributed by atoms with Gasteiger partial charge in [0, 0.05) is 10.9 Å². The summed E-state index contributed by atoms with van der Waals surface area (Å²) in [7, 11) is 0. The summed E-state index contributed by atoms with van der Waals surface area (Å²) in [6.45, 7) is 5.56. The minimum absolute atomic E-state index is 0. The van der Waals surface area contributed by atoms with Gasteiger partial charge in [0.25, 0.3) is 0 Å². The van der Waals surface area contributed by atoms with Crippen LogP contribution in [-0.4, -0.2) is 18.8 Å². The number of nitrogens with one attached hydrogen (secondary N) is 1. The molecule has 1 rings (SSSR count). The molecule has 0 aliphatic rings. The van der Waals surface area contributed by atoms with Crippen molar-refractivity contribution in [2.75, 3.05) is 12.8 Å². The fourth-order valence-corrected chi connectivity index (χ4v) is 1.99. The molecule has 3 heteroatoms. The molecule has 16 heavy (non-hydrogen) atoms. The van der Waals surface area contributed by atoms with Crippen LogP contribution in [0.5, 0.6) is 0 Å². The molecule has 1 nitrogen and oxygen atoms in total. The van der Waals surface area contributed by atoms with E-state index in [9.17, 15) is 0 Å². The number of rotatable bonds is 6. The first-order valence-electron chi connectivity index (χ1n) is 5.62. The molecule has 1 atom stereocenters. The van der Waals surface area contributed by atoms with E-state index in [-0.39, 0.29) is 12.4 Å². The highest BCUT2D eigenvalue weighted by Crippen LogP contribution is 2.15. The van der Waals surface area contributed by atoms with Crippen LogP contribution in [0.25, 0.3) is 0 Å². The second-order valence-electron chi connectivity index (χ2n) is 3.91. The van der Waals surface area contributed by atoms with Gasteiger partial charge in [-0.1, -0.05) is 19.1 Å². The summed E-state index contributed by atoms with van der Waals surface area (Å²) in [5, 5.41) is 3.50. The lowest BCUT2D eigenvalue weighted by Gasteiger charge is -2.13. The Morgan fingerprint density at radius 2 is 1.88 bits per heavy atom. The Balaban J connectivity index is 0.00000225. The SMILES string of the molecule is CCCNC(C)Cc1ccc(SC)cc1.Cl. The Labute approximate surface area is 110 Å². The number of thioether (sulfide) groups is 1. The van der Waals surface area contributed by atoms with Gasteiger partial charge in [0.1, 0.15) is 0 Å². The highest BCUT2D eigenvalue weighted by Gasteiger charge is 2.01. The van der Waals surface area contributed by atoms with Crippen molar-refractivity contribution in [3.8, 4) is 0 Å². The Bertz CT molecular complexity index is 274. The molecule has 1 aromatic carbocycles. The molecular weight excluding hydrogens is 238 g/mol. The van der Waals surface area contributed by atoms with E-state index in [0.717, 1.165) is 13.0 Å². The average molecular weight is 260 g/mol. The molecule has 0 amide bonds. The van der Waals surface area contributed by atoms with Gasteiger partial charge in [-0.2, -0.15) is 0 Å². The number of benzene rings is 1.